The molecule has 0 fully saturated rings. The zero-order valence-corrected chi connectivity index (χ0v) is 48.5. The molecule has 0 saturated carbocycles. The highest BCUT2D eigenvalue weighted by atomic mass is 31.2. The highest BCUT2D eigenvalue weighted by Gasteiger charge is 2.31. The second-order valence-corrected chi connectivity index (χ2v) is 25.2. The summed E-state index contributed by atoms with van der Waals surface area (Å²) in [7, 11) is -3.70. The molecule has 0 amide bonds. The molecule has 3 N–H and O–H groups in total. The number of rotatable bonds is 12. The first-order valence-electron chi connectivity index (χ1n) is 29.3. The molecule has 0 aliphatic carbocycles. The maximum Gasteiger partial charge on any atom is 0.335 e. The van der Waals surface area contributed by atoms with Crippen LogP contribution in [0.25, 0.3) is 131 Å². The van der Waals surface area contributed by atoms with Crippen LogP contribution in [0.4, 0.5) is 0 Å². The van der Waals surface area contributed by atoms with Crippen LogP contribution in [-0.4, -0.2) is 33.2 Å². The Morgan fingerprint density at radius 3 is 0.472 bits per heavy atom. The maximum atomic E-state index is 17.1. The van der Waals surface area contributed by atoms with Gasteiger partial charge in [0, 0.05) is 15.9 Å². The van der Waals surface area contributed by atoms with E-state index in [1.807, 2.05) is 146 Å². The molecule has 0 aliphatic heterocycles. The molecule has 0 aromatic heterocycles. The second-order valence-electron chi connectivity index (χ2n) is 22.4. The number of fused-ring (bicyclic) bond motifs is 6. The fourth-order valence-electron chi connectivity index (χ4n) is 13.6. The van der Waals surface area contributed by atoms with E-state index in [1.165, 1.54) is 0 Å². The van der Waals surface area contributed by atoms with E-state index in [0.29, 0.717) is 15.9 Å². The molecule has 0 radical (unpaired) electrons. The number of carbonyl (C=O) groups is 3. The Morgan fingerprint density at radius 1 is 0.202 bits per heavy atom. The third-order valence-corrected chi connectivity index (χ3v) is 20.7. The largest absolute Gasteiger partial charge is 0.478 e. The summed E-state index contributed by atoms with van der Waals surface area (Å²) in [6, 6.07) is 95.7. The fraction of sp³-hybridized carbons (Fsp3) is 0. The van der Waals surface area contributed by atoms with E-state index in [1.54, 1.807) is 36.4 Å². The van der Waals surface area contributed by atoms with Crippen molar-refractivity contribution in [2.75, 3.05) is 0 Å². The Labute approximate surface area is 511 Å². The zero-order chi connectivity index (χ0) is 60.5. The average molecular weight is 1170 g/mol. The molecular formula is C81H51O7P. The van der Waals surface area contributed by atoms with Crippen LogP contribution in [0.15, 0.2) is 291 Å². The smallest absolute Gasteiger partial charge is 0.335 e. The number of hydrogen-bond acceptors (Lipinski definition) is 4. The lowest BCUT2D eigenvalue weighted by molar-refractivity contribution is 0.0686. The van der Waals surface area contributed by atoms with Crippen molar-refractivity contribution in [2.24, 2.45) is 0 Å². The van der Waals surface area contributed by atoms with Crippen LogP contribution in [-0.2, 0) is 4.57 Å². The Kier molecular flexibility index (Phi) is 13.3. The minimum Gasteiger partial charge on any atom is -0.478 e. The van der Waals surface area contributed by atoms with Gasteiger partial charge in [-0.25, -0.2) is 14.4 Å². The molecule has 0 heterocycles. The van der Waals surface area contributed by atoms with Crippen LogP contribution in [0.5, 0.6) is 0 Å². The van der Waals surface area contributed by atoms with Gasteiger partial charge in [0.05, 0.1) is 16.7 Å². The van der Waals surface area contributed by atoms with Gasteiger partial charge >= 0.3 is 17.9 Å². The van der Waals surface area contributed by atoms with E-state index >= 15 is 4.57 Å². The van der Waals surface area contributed by atoms with Gasteiger partial charge in [0.1, 0.15) is 0 Å². The third kappa shape index (κ3) is 9.06. The van der Waals surface area contributed by atoms with Crippen molar-refractivity contribution in [3.63, 3.8) is 0 Å². The molecule has 15 aromatic carbocycles. The van der Waals surface area contributed by atoms with Gasteiger partial charge in [-0.15, -0.1) is 0 Å². The Hall–Kier alpha value is -11.5. The number of aromatic carboxylic acids is 3. The lowest BCUT2D eigenvalue weighted by atomic mass is 9.86. The van der Waals surface area contributed by atoms with Crippen molar-refractivity contribution in [2.45, 2.75) is 0 Å². The Morgan fingerprint density at radius 2 is 0.337 bits per heavy atom. The van der Waals surface area contributed by atoms with Gasteiger partial charge in [-0.05, 0) is 168 Å². The molecule has 422 valence electrons. The van der Waals surface area contributed by atoms with E-state index in [4.69, 9.17) is 0 Å². The predicted octanol–water partition coefficient (Wildman–Crippen LogP) is 19.3. The second kappa shape index (κ2) is 21.8. The number of benzene rings is 15. The first kappa shape index (κ1) is 54.2. The summed E-state index contributed by atoms with van der Waals surface area (Å²) in [6.07, 6.45) is 0. The summed E-state index contributed by atoms with van der Waals surface area (Å²) < 4.78 is 17.1. The van der Waals surface area contributed by atoms with Gasteiger partial charge in [-0.1, -0.05) is 255 Å². The SMILES string of the molecule is O=C(O)c1ccc(-c2c3ccccc3c(-c3ccc(P(=O)(c4ccc(-c5c6ccccc6c(-c6ccc(C(=O)O)cc6)c6ccccc56)cc4)c4ccc(-c5c6ccccc6c(-c6ccc(C(=O)O)cc6)c6ccccc56)cc4)cc3)c3ccccc23)cc1. The molecule has 8 heteroatoms. The molecule has 15 aromatic rings. The number of carboxylic acid groups (broad SMARTS) is 3. The summed E-state index contributed by atoms with van der Waals surface area (Å²) >= 11 is 0. The molecule has 89 heavy (non-hydrogen) atoms. The molecule has 0 saturated heterocycles. The van der Waals surface area contributed by atoms with E-state index in [2.05, 4.69) is 109 Å². The molecule has 0 spiro atoms. The zero-order valence-electron chi connectivity index (χ0n) is 47.6. The minimum absolute atomic E-state index is 0.220. The Bertz CT molecular complexity index is 4730. The van der Waals surface area contributed by atoms with Crippen LogP contribution in [0.1, 0.15) is 31.1 Å². The van der Waals surface area contributed by atoms with Crippen molar-refractivity contribution < 1.29 is 34.3 Å². The third-order valence-electron chi connectivity index (χ3n) is 17.6. The van der Waals surface area contributed by atoms with Crippen molar-refractivity contribution in [1.82, 2.24) is 0 Å². The quantitative estimate of drug-likeness (QED) is 0.0821. The van der Waals surface area contributed by atoms with E-state index in [0.717, 1.165) is 131 Å². The first-order chi connectivity index (χ1) is 43.5. The van der Waals surface area contributed by atoms with E-state index < -0.39 is 25.0 Å². The fourth-order valence-corrected chi connectivity index (χ4v) is 16.2. The van der Waals surface area contributed by atoms with Gasteiger partial charge in [0.15, 0.2) is 7.14 Å². The van der Waals surface area contributed by atoms with Gasteiger partial charge in [0.2, 0.25) is 0 Å². The molecule has 0 atom stereocenters. The average Bonchev–Trinajstić information content (AvgIpc) is 0.994. The van der Waals surface area contributed by atoms with Crippen LogP contribution in [0.2, 0.25) is 0 Å². The summed E-state index contributed by atoms with van der Waals surface area (Å²) in [5.74, 6) is -2.94. The number of carboxylic acids is 3. The summed E-state index contributed by atoms with van der Waals surface area (Å²) in [5.41, 5.74) is 12.4. The Balaban J connectivity index is 0.895. The van der Waals surface area contributed by atoms with Crippen LogP contribution in [0.3, 0.4) is 0 Å². The first-order valence-corrected chi connectivity index (χ1v) is 31.0. The van der Waals surface area contributed by atoms with Crippen LogP contribution >= 0.6 is 7.14 Å². The maximum absolute atomic E-state index is 17.1. The van der Waals surface area contributed by atoms with Gasteiger partial charge in [-0.2, -0.15) is 0 Å². The monoisotopic (exact) mass is 1170 g/mol. The minimum atomic E-state index is -3.70. The normalized spacial score (nSPS) is 11.7. The molecule has 7 nitrogen and oxygen atoms in total. The van der Waals surface area contributed by atoms with Crippen molar-refractivity contribution >= 4 is 106 Å². The topological polar surface area (TPSA) is 129 Å². The molecular weight excluding hydrogens is 1120 g/mol. The molecule has 15 rings (SSSR count). The van der Waals surface area contributed by atoms with Crippen molar-refractivity contribution in [3.8, 4) is 66.8 Å². The summed E-state index contributed by atoms with van der Waals surface area (Å²) in [5, 5.41) is 43.5. The lowest BCUT2D eigenvalue weighted by Crippen LogP contribution is -2.25. The van der Waals surface area contributed by atoms with Gasteiger partial charge in [-0.3, -0.25) is 0 Å². The lowest BCUT2D eigenvalue weighted by Gasteiger charge is -2.23. The van der Waals surface area contributed by atoms with Crippen LogP contribution < -0.4 is 15.9 Å². The highest BCUT2D eigenvalue weighted by molar-refractivity contribution is 7.85. The van der Waals surface area contributed by atoms with Gasteiger partial charge < -0.3 is 19.9 Å². The molecule has 0 unspecified atom stereocenters. The van der Waals surface area contributed by atoms with E-state index in [9.17, 15) is 29.7 Å². The highest BCUT2D eigenvalue weighted by Crippen LogP contribution is 2.50. The molecule has 0 aliphatic rings. The molecule has 0 bridgehead atoms. The number of hydrogen-bond donors (Lipinski definition) is 3. The summed E-state index contributed by atoms with van der Waals surface area (Å²) in [4.78, 5) is 35.7. The van der Waals surface area contributed by atoms with Crippen LogP contribution in [0, 0.1) is 0 Å². The summed E-state index contributed by atoms with van der Waals surface area (Å²) in [6.45, 7) is 0. The standard InChI is InChI=1S/C81H51O7P/c82-79(83)55-31-25-49(26-32-55)73-61-13-1-7-19-67(61)76(68-20-8-2-14-62(68)73)52-37-43-58(44-38-52)89(88,59-45-39-53(40-46-59)77-69-21-9-3-15-63(69)74(64-16-4-10-22-70(64)77)50-27-33-56(34-28-50)80(84)85)60-47-41-54(42-48-60)78-71-23-11-5-17-65(71)75(66-18-6-12-24-72(66)78)51-29-35-57(36-30-51)81(86)87/h1-48H,(H,82,83)(H,84,85)(H,86,87). The predicted molar refractivity (Wildman–Crippen MR) is 364 cm³/mol. The van der Waals surface area contributed by atoms with Crippen molar-refractivity contribution in [1.29, 1.82) is 0 Å². The van der Waals surface area contributed by atoms with Crippen molar-refractivity contribution in [3.05, 3.63) is 308 Å². The van der Waals surface area contributed by atoms with E-state index in [-0.39, 0.29) is 16.7 Å². The van der Waals surface area contributed by atoms with Gasteiger partial charge in [0.25, 0.3) is 0 Å².